The molecule has 2 heteroatoms. The number of nitrogens with one attached hydrogen (secondary N) is 1. The maximum Gasteiger partial charge on any atom is 0.0656 e. The molecule has 0 bridgehead atoms. The van der Waals surface area contributed by atoms with Crippen LogP contribution in [0.25, 0.3) is 0 Å². The van der Waals surface area contributed by atoms with Crippen LogP contribution in [0.1, 0.15) is 47.0 Å². The first-order valence-corrected chi connectivity index (χ1v) is 6.72. The Kier molecular flexibility index (Phi) is 2.64. The molecule has 2 rings (SSSR count). The minimum absolute atomic E-state index is 0.417. The molecule has 1 spiro atoms. The van der Waals surface area contributed by atoms with Gasteiger partial charge in [0.1, 0.15) is 0 Å². The topological polar surface area (TPSA) is 12.0 Å². The summed E-state index contributed by atoms with van der Waals surface area (Å²) in [5.41, 5.74) is 0.529. The van der Waals surface area contributed by atoms with Crippen LogP contribution in [0.5, 0.6) is 0 Å². The second kappa shape index (κ2) is 3.41. The SMILES string of the molecule is CC1CC(C)(C)CC2(C1)NCC(C)S2. The minimum atomic E-state index is 0.417. The monoisotopic (exact) mass is 213 g/mol. The van der Waals surface area contributed by atoms with Crippen molar-refractivity contribution in [1.82, 2.24) is 5.32 Å². The van der Waals surface area contributed by atoms with Gasteiger partial charge in [-0.25, -0.2) is 0 Å². The lowest BCUT2D eigenvalue weighted by molar-refractivity contribution is 0.139. The number of hydrogen-bond acceptors (Lipinski definition) is 2. The summed E-state index contributed by atoms with van der Waals surface area (Å²) in [5, 5.41) is 4.57. The fraction of sp³-hybridized carbons (Fsp3) is 1.00. The lowest BCUT2D eigenvalue weighted by Crippen LogP contribution is -2.46. The first-order valence-electron chi connectivity index (χ1n) is 5.84. The van der Waals surface area contributed by atoms with Gasteiger partial charge in [0.05, 0.1) is 4.87 Å². The van der Waals surface area contributed by atoms with Gasteiger partial charge in [0.25, 0.3) is 0 Å². The van der Waals surface area contributed by atoms with Crippen molar-refractivity contribution in [1.29, 1.82) is 0 Å². The summed E-state index contributed by atoms with van der Waals surface area (Å²) in [6.45, 7) is 10.8. The lowest BCUT2D eigenvalue weighted by atomic mass is 9.70. The predicted octanol–water partition coefficient (Wildman–Crippen LogP) is 3.25. The molecule has 1 saturated carbocycles. The van der Waals surface area contributed by atoms with Gasteiger partial charge in [0.2, 0.25) is 0 Å². The average Bonchev–Trinajstić information content (AvgIpc) is 2.26. The van der Waals surface area contributed by atoms with Crippen LogP contribution in [0, 0.1) is 11.3 Å². The van der Waals surface area contributed by atoms with E-state index >= 15 is 0 Å². The van der Waals surface area contributed by atoms with E-state index in [9.17, 15) is 0 Å². The third-order valence-corrected chi connectivity index (χ3v) is 4.96. The van der Waals surface area contributed by atoms with Gasteiger partial charge in [0, 0.05) is 11.8 Å². The van der Waals surface area contributed by atoms with Gasteiger partial charge in [-0.05, 0) is 30.6 Å². The molecular formula is C12H23NS. The van der Waals surface area contributed by atoms with Crippen LogP contribution in [0.2, 0.25) is 0 Å². The Labute approximate surface area is 92.4 Å². The zero-order valence-electron chi connectivity index (χ0n) is 9.89. The quantitative estimate of drug-likeness (QED) is 0.663. The Morgan fingerprint density at radius 2 is 1.93 bits per heavy atom. The Hall–Kier alpha value is 0.310. The molecule has 0 amide bonds. The molecular weight excluding hydrogens is 190 g/mol. The van der Waals surface area contributed by atoms with Gasteiger partial charge in [-0.1, -0.05) is 27.7 Å². The first kappa shape index (κ1) is 10.8. The number of hydrogen-bond donors (Lipinski definition) is 1. The fourth-order valence-corrected chi connectivity index (χ4v) is 5.48. The molecule has 1 N–H and O–H groups in total. The van der Waals surface area contributed by atoms with E-state index < -0.39 is 0 Å². The highest BCUT2D eigenvalue weighted by Crippen LogP contribution is 2.51. The van der Waals surface area contributed by atoms with Gasteiger partial charge in [-0.2, -0.15) is 0 Å². The molecule has 1 aliphatic carbocycles. The van der Waals surface area contributed by atoms with E-state index in [1.807, 2.05) is 0 Å². The number of rotatable bonds is 0. The number of thioether (sulfide) groups is 1. The molecule has 1 saturated heterocycles. The van der Waals surface area contributed by atoms with Gasteiger partial charge in [0.15, 0.2) is 0 Å². The van der Waals surface area contributed by atoms with E-state index in [-0.39, 0.29) is 0 Å². The smallest absolute Gasteiger partial charge is 0.0656 e. The van der Waals surface area contributed by atoms with Crippen LogP contribution in [0.15, 0.2) is 0 Å². The van der Waals surface area contributed by atoms with Gasteiger partial charge in [-0.3, -0.25) is 0 Å². The third kappa shape index (κ3) is 2.11. The molecule has 1 nitrogen and oxygen atoms in total. The molecule has 3 unspecified atom stereocenters. The Morgan fingerprint density at radius 3 is 2.43 bits per heavy atom. The van der Waals surface area contributed by atoms with Crippen molar-refractivity contribution in [3.63, 3.8) is 0 Å². The van der Waals surface area contributed by atoms with Crippen LogP contribution < -0.4 is 5.32 Å². The van der Waals surface area contributed by atoms with Gasteiger partial charge in [-0.15, -0.1) is 11.8 Å². The molecule has 2 aliphatic rings. The van der Waals surface area contributed by atoms with E-state index in [1.54, 1.807) is 0 Å². The molecule has 1 heterocycles. The van der Waals surface area contributed by atoms with Gasteiger partial charge < -0.3 is 5.32 Å². The summed E-state index contributed by atoms with van der Waals surface area (Å²) < 4.78 is 0. The average molecular weight is 213 g/mol. The molecule has 3 atom stereocenters. The van der Waals surface area contributed by atoms with Crippen LogP contribution in [-0.2, 0) is 0 Å². The largest absolute Gasteiger partial charge is 0.302 e. The predicted molar refractivity (Wildman–Crippen MR) is 64.6 cm³/mol. The van der Waals surface area contributed by atoms with Crippen molar-refractivity contribution in [2.45, 2.75) is 57.1 Å². The summed E-state index contributed by atoms with van der Waals surface area (Å²) in [4.78, 5) is 0.417. The highest BCUT2D eigenvalue weighted by molar-refractivity contribution is 8.01. The molecule has 0 radical (unpaired) electrons. The van der Waals surface area contributed by atoms with Crippen molar-refractivity contribution in [2.75, 3.05) is 6.54 Å². The van der Waals surface area contributed by atoms with Crippen LogP contribution in [-0.4, -0.2) is 16.7 Å². The molecule has 2 fully saturated rings. The van der Waals surface area contributed by atoms with E-state index in [0.29, 0.717) is 10.3 Å². The van der Waals surface area contributed by atoms with E-state index in [0.717, 1.165) is 11.2 Å². The summed E-state index contributed by atoms with van der Waals surface area (Å²) >= 11 is 2.18. The summed E-state index contributed by atoms with van der Waals surface area (Å²) in [5.74, 6) is 0.879. The zero-order valence-corrected chi connectivity index (χ0v) is 10.7. The van der Waals surface area contributed by atoms with Crippen LogP contribution >= 0.6 is 11.8 Å². The van der Waals surface area contributed by atoms with E-state index in [1.165, 1.54) is 25.8 Å². The van der Waals surface area contributed by atoms with Crippen molar-refractivity contribution < 1.29 is 0 Å². The van der Waals surface area contributed by atoms with E-state index in [4.69, 9.17) is 0 Å². The molecule has 0 aromatic carbocycles. The van der Waals surface area contributed by atoms with Crippen molar-refractivity contribution in [2.24, 2.45) is 11.3 Å². The highest BCUT2D eigenvalue weighted by atomic mass is 32.2. The van der Waals surface area contributed by atoms with Gasteiger partial charge >= 0.3 is 0 Å². The molecule has 14 heavy (non-hydrogen) atoms. The van der Waals surface area contributed by atoms with Crippen LogP contribution in [0.4, 0.5) is 0 Å². The maximum atomic E-state index is 3.77. The Balaban J connectivity index is 2.12. The molecule has 0 aromatic rings. The zero-order chi connectivity index (χ0) is 10.4. The second-order valence-corrected chi connectivity index (χ2v) is 7.98. The van der Waals surface area contributed by atoms with Crippen LogP contribution in [0.3, 0.4) is 0 Å². The minimum Gasteiger partial charge on any atom is -0.302 e. The summed E-state index contributed by atoms with van der Waals surface area (Å²) in [6, 6.07) is 0. The standard InChI is InChI=1S/C12H23NS/c1-9-5-11(3,4)8-12(6-9)13-7-10(2)14-12/h9-10,13H,5-8H2,1-4H3. The normalized spacial score (nSPS) is 47.1. The summed E-state index contributed by atoms with van der Waals surface area (Å²) in [7, 11) is 0. The lowest BCUT2D eigenvalue weighted by Gasteiger charge is -2.45. The maximum absolute atomic E-state index is 3.77. The molecule has 1 aliphatic heterocycles. The van der Waals surface area contributed by atoms with E-state index in [2.05, 4.69) is 44.8 Å². The third-order valence-electron chi connectivity index (χ3n) is 3.48. The first-order chi connectivity index (χ1) is 6.41. The molecule has 0 aromatic heterocycles. The Bertz CT molecular complexity index is 226. The Morgan fingerprint density at radius 1 is 1.21 bits per heavy atom. The molecule has 82 valence electrons. The summed E-state index contributed by atoms with van der Waals surface area (Å²) in [6.07, 6.45) is 4.11. The van der Waals surface area contributed by atoms with Crippen molar-refractivity contribution in [3.8, 4) is 0 Å². The fourth-order valence-electron chi connectivity index (χ4n) is 3.52. The van der Waals surface area contributed by atoms with Crippen molar-refractivity contribution >= 4 is 11.8 Å². The highest BCUT2D eigenvalue weighted by Gasteiger charge is 2.46. The second-order valence-electron chi connectivity index (χ2n) is 6.16. The van der Waals surface area contributed by atoms with Crippen molar-refractivity contribution in [3.05, 3.63) is 0 Å².